The Hall–Kier alpha value is -3.15. The highest BCUT2D eigenvalue weighted by atomic mass is 35.5. The van der Waals surface area contributed by atoms with Crippen LogP contribution in [0.3, 0.4) is 0 Å². The van der Waals surface area contributed by atoms with E-state index in [2.05, 4.69) is 20.6 Å². The summed E-state index contributed by atoms with van der Waals surface area (Å²) in [6.07, 6.45) is 0. The molecule has 1 amide bonds. The molecule has 5 nitrogen and oxygen atoms in total. The van der Waals surface area contributed by atoms with Gasteiger partial charge in [-0.3, -0.25) is 4.79 Å². The molecular weight excluding hydrogens is 407 g/mol. The van der Waals surface area contributed by atoms with Crippen molar-refractivity contribution in [2.24, 2.45) is 0 Å². The summed E-state index contributed by atoms with van der Waals surface area (Å²) in [5.74, 6) is -0.159. The number of carbonyl (C=O) groups is 1. The third kappa shape index (κ3) is 4.65. The zero-order valence-corrected chi connectivity index (χ0v) is 16.7. The summed E-state index contributed by atoms with van der Waals surface area (Å²) < 4.78 is 0. The SMILES string of the molecule is O=C(Nc1cccc(NCc2nc(Cl)nc3cc(Cl)ccc23)c1)c1ccccc1. The van der Waals surface area contributed by atoms with Gasteiger partial charge in [-0.05, 0) is 60.1 Å². The summed E-state index contributed by atoms with van der Waals surface area (Å²) in [6.45, 7) is 0.441. The Kier molecular flexibility index (Phi) is 5.60. The van der Waals surface area contributed by atoms with Gasteiger partial charge in [-0.25, -0.2) is 9.97 Å². The molecule has 2 N–H and O–H groups in total. The van der Waals surface area contributed by atoms with Crippen LogP contribution in [-0.2, 0) is 6.54 Å². The molecule has 1 heterocycles. The molecule has 4 aromatic rings. The maximum Gasteiger partial charge on any atom is 0.255 e. The lowest BCUT2D eigenvalue weighted by atomic mass is 10.2. The second-order valence-electron chi connectivity index (χ2n) is 6.36. The van der Waals surface area contributed by atoms with Crippen LogP contribution in [-0.4, -0.2) is 15.9 Å². The van der Waals surface area contributed by atoms with E-state index in [0.29, 0.717) is 28.3 Å². The van der Waals surface area contributed by atoms with E-state index in [4.69, 9.17) is 23.2 Å². The van der Waals surface area contributed by atoms with E-state index in [1.54, 1.807) is 24.3 Å². The Morgan fingerprint density at radius 3 is 2.48 bits per heavy atom. The van der Waals surface area contributed by atoms with Crippen molar-refractivity contribution in [2.45, 2.75) is 6.54 Å². The second-order valence-corrected chi connectivity index (χ2v) is 7.13. The fourth-order valence-corrected chi connectivity index (χ4v) is 3.32. The minimum Gasteiger partial charge on any atom is -0.379 e. The van der Waals surface area contributed by atoms with Gasteiger partial charge in [0.15, 0.2) is 0 Å². The second kappa shape index (κ2) is 8.47. The number of nitrogens with zero attached hydrogens (tertiary/aromatic N) is 2. The molecule has 7 heteroatoms. The van der Waals surface area contributed by atoms with Crippen LogP contribution >= 0.6 is 23.2 Å². The van der Waals surface area contributed by atoms with E-state index in [1.807, 2.05) is 48.5 Å². The predicted molar refractivity (Wildman–Crippen MR) is 118 cm³/mol. The molecule has 144 valence electrons. The van der Waals surface area contributed by atoms with Gasteiger partial charge in [0, 0.05) is 27.3 Å². The highest BCUT2D eigenvalue weighted by Crippen LogP contribution is 2.23. The van der Waals surface area contributed by atoms with Gasteiger partial charge in [-0.1, -0.05) is 35.9 Å². The molecule has 0 aliphatic carbocycles. The summed E-state index contributed by atoms with van der Waals surface area (Å²) in [4.78, 5) is 20.9. The molecule has 0 bridgehead atoms. The molecule has 0 aliphatic rings. The van der Waals surface area contributed by atoms with Gasteiger partial charge in [-0.15, -0.1) is 0 Å². The maximum absolute atomic E-state index is 12.3. The number of anilines is 2. The fourth-order valence-electron chi connectivity index (χ4n) is 2.96. The van der Waals surface area contributed by atoms with E-state index in [0.717, 1.165) is 16.8 Å². The number of carbonyl (C=O) groups excluding carboxylic acids is 1. The molecule has 4 rings (SSSR count). The van der Waals surface area contributed by atoms with Crippen molar-refractivity contribution in [1.82, 2.24) is 9.97 Å². The first kappa shape index (κ1) is 19.2. The number of fused-ring (bicyclic) bond motifs is 1. The molecule has 0 unspecified atom stereocenters. The molecule has 3 aromatic carbocycles. The Labute approximate surface area is 177 Å². The Bertz CT molecular complexity index is 1180. The van der Waals surface area contributed by atoms with Crippen LogP contribution in [0, 0.1) is 0 Å². The quantitative estimate of drug-likeness (QED) is 0.398. The molecular formula is C22H16Cl2N4O. The molecule has 0 radical (unpaired) electrons. The molecule has 1 aromatic heterocycles. The zero-order valence-electron chi connectivity index (χ0n) is 15.2. The van der Waals surface area contributed by atoms with Gasteiger partial charge < -0.3 is 10.6 Å². The molecule has 0 atom stereocenters. The number of rotatable bonds is 5. The van der Waals surface area contributed by atoms with E-state index < -0.39 is 0 Å². The van der Waals surface area contributed by atoms with Gasteiger partial charge in [0.2, 0.25) is 5.28 Å². The van der Waals surface area contributed by atoms with Gasteiger partial charge in [0.1, 0.15) is 0 Å². The maximum atomic E-state index is 12.3. The third-order valence-electron chi connectivity index (χ3n) is 4.33. The smallest absolute Gasteiger partial charge is 0.255 e. The van der Waals surface area contributed by atoms with E-state index in [1.165, 1.54) is 0 Å². The first-order valence-electron chi connectivity index (χ1n) is 8.90. The van der Waals surface area contributed by atoms with Crippen molar-refractivity contribution < 1.29 is 4.79 Å². The van der Waals surface area contributed by atoms with Crippen molar-refractivity contribution in [3.05, 3.63) is 94.4 Å². The van der Waals surface area contributed by atoms with Crippen LogP contribution in [0.1, 0.15) is 16.1 Å². The van der Waals surface area contributed by atoms with Crippen LogP contribution in [0.5, 0.6) is 0 Å². The first-order chi connectivity index (χ1) is 14.1. The third-order valence-corrected chi connectivity index (χ3v) is 4.73. The average molecular weight is 423 g/mol. The van der Waals surface area contributed by atoms with Crippen molar-refractivity contribution in [3.63, 3.8) is 0 Å². The Morgan fingerprint density at radius 1 is 0.862 bits per heavy atom. The highest BCUT2D eigenvalue weighted by molar-refractivity contribution is 6.31. The summed E-state index contributed by atoms with van der Waals surface area (Å²) in [7, 11) is 0. The van der Waals surface area contributed by atoms with Crippen molar-refractivity contribution in [3.8, 4) is 0 Å². The zero-order chi connectivity index (χ0) is 20.2. The van der Waals surface area contributed by atoms with E-state index >= 15 is 0 Å². The molecule has 0 aliphatic heterocycles. The van der Waals surface area contributed by atoms with Crippen LogP contribution < -0.4 is 10.6 Å². The monoisotopic (exact) mass is 422 g/mol. The summed E-state index contributed by atoms with van der Waals surface area (Å²) in [5.41, 5.74) is 3.59. The van der Waals surface area contributed by atoms with Gasteiger partial charge in [0.25, 0.3) is 5.91 Å². The predicted octanol–water partition coefficient (Wildman–Crippen LogP) is 5.80. The Balaban J connectivity index is 1.50. The number of hydrogen-bond donors (Lipinski definition) is 2. The topological polar surface area (TPSA) is 66.9 Å². The number of benzene rings is 3. The minimum atomic E-state index is -0.159. The van der Waals surface area contributed by atoms with Crippen molar-refractivity contribution >= 4 is 51.4 Å². The van der Waals surface area contributed by atoms with Crippen LogP contribution in [0.4, 0.5) is 11.4 Å². The largest absolute Gasteiger partial charge is 0.379 e. The lowest BCUT2D eigenvalue weighted by Crippen LogP contribution is -2.12. The van der Waals surface area contributed by atoms with Crippen LogP contribution in [0.2, 0.25) is 10.3 Å². The van der Waals surface area contributed by atoms with Crippen molar-refractivity contribution in [1.29, 1.82) is 0 Å². The molecule has 0 spiro atoms. The molecule has 0 saturated heterocycles. The lowest BCUT2D eigenvalue weighted by Gasteiger charge is -2.11. The standard InChI is InChI=1S/C22H16Cl2N4O/c23-15-9-10-18-19(11-15)27-22(24)28-20(18)13-25-16-7-4-8-17(12-16)26-21(29)14-5-2-1-3-6-14/h1-12,25H,13H2,(H,26,29). The number of hydrogen-bond acceptors (Lipinski definition) is 4. The number of halogens is 2. The van der Waals surface area contributed by atoms with Crippen LogP contribution in [0.25, 0.3) is 10.9 Å². The minimum absolute atomic E-state index is 0.159. The number of amides is 1. The number of nitrogens with one attached hydrogen (secondary N) is 2. The molecule has 0 fully saturated rings. The Morgan fingerprint density at radius 2 is 1.66 bits per heavy atom. The first-order valence-corrected chi connectivity index (χ1v) is 9.66. The highest BCUT2D eigenvalue weighted by Gasteiger charge is 2.09. The average Bonchev–Trinajstić information content (AvgIpc) is 2.72. The van der Waals surface area contributed by atoms with Crippen LogP contribution in [0.15, 0.2) is 72.8 Å². The van der Waals surface area contributed by atoms with Gasteiger partial charge in [0.05, 0.1) is 17.8 Å². The summed E-state index contributed by atoms with van der Waals surface area (Å²) in [5, 5.41) is 7.85. The van der Waals surface area contributed by atoms with E-state index in [-0.39, 0.29) is 11.2 Å². The molecule has 0 saturated carbocycles. The summed E-state index contributed by atoms with van der Waals surface area (Å²) >= 11 is 12.1. The van der Waals surface area contributed by atoms with Crippen molar-refractivity contribution in [2.75, 3.05) is 10.6 Å². The molecule has 29 heavy (non-hydrogen) atoms. The van der Waals surface area contributed by atoms with Gasteiger partial charge >= 0.3 is 0 Å². The fraction of sp³-hybridized carbons (Fsp3) is 0.0455. The lowest BCUT2D eigenvalue weighted by molar-refractivity contribution is 0.102. The normalized spacial score (nSPS) is 10.7. The van der Waals surface area contributed by atoms with E-state index in [9.17, 15) is 4.79 Å². The number of aromatic nitrogens is 2. The summed E-state index contributed by atoms with van der Waals surface area (Å²) in [6, 6.07) is 22.0. The van der Waals surface area contributed by atoms with Gasteiger partial charge in [-0.2, -0.15) is 0 Å².